The molecule has 1 aliphatic rings. The Labute approximate surface area is 68.5 Å². The van der Waals surface area contributed by atoms with Gasteiger partial charge >= 0.3 is 0 Å². The van der Waals surface area contributed by atoms with Crippen molar-refractivity contribution in [2.75, 3.05) is 13.2 Å². The van der Waals surface area contributed by atoms with Gasteiger partial charge in [-0.3, -0.25) is 0 Å². The van der Waals surface area contributed by atoms with Crippen molar-refractivity contribution in [3.05, 3.63) is 0 Å². The molecule has 1 atom stereocenters. The first-order chi connectivity index (χ1) is 4.14. The molecule has 0 aliphatic carbocycles. The molecule has 62 valence electrons. The largest absolute Gasteiger partial charge is 0.375 e. The molecule has 0 spiro atoms. The standard InChI is InChI=1S/C7H15NO.ClH/c1-7(2)3-6(4-8)5-9-7;/h6H,3-5,8H2,1-2H3;1H/t6-;/m1./s1. The Morgan fingerprint density at radius 3 is 2.40 bits per heavy atom. The molecule has 0 amide bonds. The first-order valence-electron chi connectivity index (χ1n) is 3.48. The van der Waals surface area contributed by atoms with Crippen molar-refractivity contribution < 1.29 is 4.74 Å². The number of ether oxygens (including phenoxy) is 1. The van der Waals surface area contributed by atoms with E-state index in [9.17, 15) is 0 Å². The average molecular weight is 166 g/mol. The topological polar surface area (TPSA) is 35.2 Å². The van der Waals surface area contributed by atoms with E-state index in [0.29, 0.717) is 5.92 Å². The van der Waals surface area contributed by atoms with Crippen molar-refractivity contribution in [2.24, 2.45) is 11.7 Å². The second-order valence-electron chi connectivity index (χ2n) is 3.38. The Bertz CT molecular complexity index is 106. The number of hydrogen-bond donors (Lipinski definition) is 1. The van der Waals surface area contributed by atoms with Gasteiger partial charge in [0.2, 0.25) is 0 Å². The van der Waals surface area contributed by atoms with Gasteiger partial charge in [-0.1, -0.05) is 0 Å². The fraction of sp³-hybridized carbons (Fsp3) is 1.00. The van der Waals surface area contributed by atoms with Crippen LogP contribution in [-0.4, -0.2) is 18.8 Å². The maximum Gasteiger partial charge on any atom is 0.0630 e. The van der Waals surface area contributed by atoms with Crippen molar-refractivity contribution in [1.29, 1.82) is 0 Å². The lowest BCUT2D eigenvalue weighted by Crippen LogP contribution is -2.18. The molecular weight excluding hydrogens is 150 g/mol. The van der Waals surface area contributed by atoms with Crippen molar-refractivity contribution in [3.63, 3.8) is 0 Å². The fourth-order valence-electron chi connectivity index (χ4n) is 1.31. The third-order valence-corrected chi connectivity index (χ3v) is 1.82. The van der Waals surface area contributed by atoms with Gasteiger partial charge < -0.3 is 10.5 Å². The first-order valence-corrected chi connectivity index (χ1v) is 3.48. The van der Waals surface area contributed by atoms with Crippen LogP contribution < -0.4 is 5.73 Å². The van der Waals surface area contributed by atoms with Gasteiger partial charge in [0, 0.05) is 0 Å². The quantitative estimate of drug-likeness (QED) is 0.634. The van der Waals surface area contributed by atoms with Gasteiger partial charge in [0.25, 0.3) is 0 Å². The van der Waals surface area contributed by atoms with Crippen molar-refractivity contribution in [2.45, 2.75) is 25.9 Å². The van der Waals surface area contributed by atoms with Crippen molar-refractivity contribution in [3.8, 4) is 0 Å². The summed E-state index contributed by atoms with van der Waals surface area (Å²) in [7, 11) is 0. The zero-order valence-electron chi connectivity index (χ0n) is 6.59. The molecule has 0 aromatic heterocycles. The molecule has 0 saturated carbocycles. The Hall–Kier alpha value is 0.210. The van der Waals surface area contributed by atoms with E-state index in [4.69, 9.17) is 10.5 Å². The van der Waals surface area contributed by atoms with Crippen LogP contribution in [0.2, 0.25) is 0 Å². The summed E-state index contributed by atoms with van der Waals surface area (Å²) in [5.41, 5.74) is 5.56. The summed E-state index contributed by atoms with van der Waals surface area (Å²) in [4.78, 5) is 0. The molecule has 1 fully saturated rings. The molecule has 10 heavy (non-hydrogen) atoms. The Morgan fingerprint density at radius 2 is 2.20 bits per heavy atom. The molecule has 0 bridgehead atoms. The first kappa shape index (κ1) is 10.2. The molecule has 0 radical (unpaired) electrons. The summed E-state index contributed by atoms with van der Waals surface area (Å²) >= 11 is 0. The molecule has 1 rings (SSSR count). The van der Waals surface area contributed by atoms with E-state index in [1.807, 2.05) is 0 Å². The van der Waals surface area contributed by atoms with Crippen LogP contribution in [0.5, 0.6) is 0 Å². The molecule has 0 unspecified atom stereocenters. The predicted octanol–water partition coefficient (Wildman–Crippen LogP) is 1.18. The van der Waals surface area contributed by atoms with E-state index in [-0.39, 0.29) is 18.0 Å². The third kappa shape index (κ3) is 2.45. The van der Waals surface area contributed by atoms with E-state index < -0.39 is 0 Å². The highest BCUT2D eigenvalue weighted by atomic mass is 35.5. The molecule has 1 heterocycles. The van der Waals surface area contributed by atoms with Crippen molar-refractivity contribution in [1.82, 2.24) is 0 Å². The van der Waals surface area contributed by atoms with Crippen LogP contribution in [0.15, 0.2) is 0 Å². The Kier molecular flexibility index (Phi) is 3.63. The fourth-order valence-corrected chi connectivity index (χ4v) is 1.31. The SMILES string of the molecule is CC1(C)C[C@H](CN)CO1.Cl. The molecule has 2 N–H and O–H groups in total. The highest BCUT2D eigenvalue weighted by molar-refractivity contribution is 5.85. The van der Waals surface area contributed by atoms with E-state index >= 15 is 0 Å². The lowest BCUT2D eigenvalue weighted by atomic mass is 9.98. The van der Waals surface area contributed by atoms with Crippen LogP contribution in [0.25, 0.3) is 0 Å². The average Bonchev–Trinajstić information content (AvgIpc) is 2.10. The third-order valence-electron chi connectivity index (χ3n) is 1.82. The van der Waals surface area contributed by atoms with Gasteiger partial charge in [-0.25, -0.2) is 0 Å². The molecule has 0 aromatic rings. The van der Waals surface area contributed by atoms with Gasteiger partial charge in [0.15, 0.2) is 0 Å². The lowest BCUT2D eigenvalue weighted by molar-refractivity contribution is 0.0352. The monoisotopic (exact) mass is 165 g/mol. The molecular formula is C7H16ClNO. The van der Waals surface area contributed by atoms with Crippen LogP contribution in [-0.2, 0) is 4.74 Å². The maximum atomic E-state index is 5.47. The van der Waals surface area contributed by atoms with Gasteiger partial charge in [0.1, 0.15) is 0 Å². The molecule has 2 nitrogen and oxygen atoms in total. The summed E-state index contributed by atoms with van der Waals surface area (Å²) in [6.07, 6.45) is 1.11. The van der Waals surface area contributed by atoms with E-state index in [1.165, 1.54) is 0 Å². The van der Waals surface area contributed by atoms with Gasteiger partial charge in [0.05, 0.1) is 12.2 Å². The van der Waals surface area contributed by atoms with E-state index in [1.54, 1.807) is 0 Å². The number of rotatable bonds is 1. The normalized spacial score (nSPS) is 29.7. The highest BCUT2D eigenvalue weighted by Crippen LogP contribution is 2.27. The summed E-state index contributed by atoms with van der Waals surface area (Å²) in [6, 6.07) is 0. The van der Waals surface area contributed by atoms with Crippen LogP contribution >= 0.6 is 12.4 Å². The predicted molar refractivity (Wildman–Crippen MR) is 44.4 cm³/mol. The molecule has 1 aliphatic heterocycles. The zero-order chi connectivity index (χ0) is 6.91. The minimum atomic E-state index is 0. The second-order valence-corrected chi connectivity index (χ2v) is 3.38. The van der Waals surface area contributed by atoms with Gasteiger partial charge in [-0.15, -0.1) is 12.4 Å². The molecule has 3 heteroatoms. The number of hydrogen-bond acceptors (Lipinski definition) is 2. The summed E-state index contributed by atoms with van der Waals surface area (Å²) < 4.78 is 5.46. The van der Waals surface area contributed by atoms with Crippen molar-refractivity contribution >= 4 is 12.4 Å². The van der Waals surface area contributed by atoms with Crippen LogP contribution in [0.3, 0.4) is 0 Å². The van der Waals surface area contributed by atoms with E-state index in [0.717, 1.165) is 19.6 Å². The highest BCUT2D eigenvalue weighted by Gasteiger charge is 2.30. The number of halogens is 1. The Morgan fingerprint density at radius 1 is 1.60 bits per heavy atom. The summed E-state index contributed by atoms with van der Waals surface area (Å²) in [5.74, 6) is 0.597. The summed E-state index contributed by atoms with van der Waals surface area (Å²) in [6.45, 7) is 5.85. The molecule has 1 saturated heterocycles. The zero-order valence-corrected chi connectivity index (χ0v) is 7.41. The van der Waals surface area contributed by atoms with Crippen LogP contribution in [0.1, 0.15) is 20.3 Å². The minimum Gasteiger partial charge on any atom is -0.375 e. The van der Waals surface area contributed by atoms with Crippen LogP contribution in [0, 0.1) is 5.92 Å². The summed E-state index contributed by atoms with van der Waals surface area (Å²) in [5, 5.41) is 0. The van der Waals surface area contributed by atoms with Gasteiger partial charge in [-0.2, -0.15) is 0 Å². The van der Waals surface area contributed by atoms with Crippen LogP contribution in [0.4, 0.5) is 0 Å². The Balaban J connectivity index is 0.000000810. The minimum absolute atomic E-state index is 0. The van der Waals surface area contributed by atoms with E-state index in [2.05, 4.69) is 13.8 Å². The smallest absolute Gasteiger partial charge is 0.0630 e. The number of nitrogens with two attached hydrogens (primary N) is 1. The molecule has 0 aromatic carbocycles. The second kappa shape index (κ2) is 3.56. The lowest BCUT2D eigenvalue weighted by Gasteiger charge is -2.15. The maximum absolute atomic E-state index is 5.47. The van der Waals surface area contributed by atoms with Gasteiger partial charge in [-0.05, 0) is 32.7 Å².